The fourth-order valence-electron chi connectivity index (χ4n) is 1.75. The van der Waals surface area contributed by atoms with Gasteiger partial charge in [0, 0.05) is 6.20 Å². The Morgan fingerprint density at radius 3 is 2.93 bits per heavy atom. The standard InChI is InChI=1S/C11H10N2OS/c12-11-13-4-10(15-11)7-1-2-8-5-14-6-9(8)3-7/h1-4H,5-6H2,(H2,12,13). The van der Waals surface area contributed by atoms with Crippen LogP contribution in [0.1, 0.15) is 11.1 Å². The molecule has 0 radical (unpaired) electrons. The van der Waals surface area contributed by atoms with Gasteiger partial charge in [-0.15, -0.1) is 0 Å². The van der Waals surface area contributed by atoms with Gasteiger partial charge in [-0.25, -0.2) is 4.98 Å². The first kappa shape index (κ1) is 8.88. The topological polar surface area (TPSA) is 48.1 Å². The smallest absolute Gasteiger partial charge is 0.180 e. The number of hydrogen-bond acceptors (Lipinski definition) is 4. The van der Waals surface area contributed by atoms with Crippen LogP contribution in [-0.4, -0.2) is 4.98 Å². The first-order valence-corrected chi connectivity index (χ1v) is 5.56. The van der Waals surface area contributed by atoms with Gasteiger partial charge in [-0.2, -0.15) is 0 Å². The summed E-state index contributed by atoms with van der Waals surface area (Å²) in [4.78, 5) is 5.16. The van der Waals surface area contributed by atoms with Gasteiger partial charge in [-0.3, -0.25) is 0 Å². The van der Waals surface area contributed by atoms with E-state index in [1.165, 1.54) is 28.0 Å². The Kier molecular flexibility index (Phi) is 1.97. The van der Waals surface area contributed by atoms with E-state index >= 15 is 0 Å². The molecule has 0 spiro atoms. The SMILES string of the molecule is Nc1ncc(-c2ccc3c(c2)COC3)s1. The lowest BCUT2D eigenvalue weighted by molar-refractivity contribution is 0.134. The minimum Gasteiger partial charge on any atom is -0.375 e. The van der Waals surface area contributed by atoms with E-state index in [-0.39, 0.29) is 0 Å². The van der Waals surface area contributed by atoms with Crippen LogP contribution >= 0.6 is 11.3 Å². The molecule has 76 valence electrons. The second-order valence-electron chi connectivity index (χ2n) is 3.54. The molecule has 2 N–H and O–H groups in total. The summed E-state index contributed by atoms with van der Waals surface area (Å²) in [7, 11) is 0. The Balaban J connectivity index is 2.06. The highest BCUT2D eigenvalue weighted by Crippen LogP contribution is 2.30. The molecule has 3 rings (SSSR count). The normalized spacial score (nSPS) is 14.1. The van der Waals surface area contributed by atoms with Crippen molar-refractivity contribution in [2.75, 3.05) is 5.73 Å². The predicted octanol–water partition coefficient (Wildman–Crippen LogP) is 2.42. The third kappa shape index (κ3) is 1.52. The molecule has 1 aliphatic rings. The van der Waals surface area contributed by atoms with E-state index in [4.69, 9.17) is 10.5 Å². The molecule has 0 unspecified atom stereocenters. The molecule has 1 aromatic carbocycles. The van der Waals surface area contributed by atoms with Gasteiger partial charge in [0.15, 0.2) is 5.13 Å². The molecule has 0 atom stereocenters. The number of ether oxygens (including phenoxy) is 1. The zero-order valence-electron chi connectivity index (χ0n) is 8.06. The molecule has 0 saturated carbocycles. The van der Waals surface area contributed by atoms with Gasteiger partial charge in [-0.1, -0.05) is 23.5 Å². The van der Waals surface area contributed by atoms with Gasteiger partial charge >= 0.3 is 0 Å². The summed E-state index contributed by atoms with van der Waals surface area (Å²) in [5.41, 5.74) is 9.35. The van der Waals surface area contributed by atoms with Crippen LogP contribution in [0.2, 0.25) is 0 Å². The minimum atomic E-state index is 0.613. The Hall–Kier alpha value is -1.39. The summed E-state index contributed by atoms with van der Waals surface area (Å²) in [6, 6.07) is 6.38. The lowest BCUT2D eigenvalue weighted by atomic mass is 10.1. The minimum absolute atomic E-state index is 0.613. The number of nitrogen functional groups attached to an aromatic ring is 1. The monoisotopic (exact) mass is 218 g/mol. The maximum absolute atomic E-state index is 5.61. The molecule has 0 aliphatic carbocycles. The summed E-state index contributed by atoms with van der Waals surface area (Å²) >= 11 is 1.51. The predicted molar refractivity (Wildman–Crippen MR) is 60.5 cm³/mol. The van der Waals surface area contributed by atoms with Gasteiger partial charge in [0.2, 0.25) is 0 Å². The second kappa shape index (κ2) is 3.32. The molecule has 4 heteroatoms. The van der Waals surface area contributed by atoms with Crippen LogP contribution in [0.4, 0.5) is 5.13 Å². The van der Waals surface area contributed by atoms with Crippen LogP contribution in [0.3, 0.4) is 0 Å². The molecule has 1 aliphatic heterocycles. The maximum atomic E-state index is 5.61. The molecule has 15 heavy (non-hydrogen) atoms. The Morgan fingerprint density at radius 2 is 2.13 bits per heavy atom. The average molecular weight is 218 g/mol. The van der Waals surface area contributed by atoms with Crippen LogP contribution in [0.25, 0.3) is 10.4 Å². The van der Waals surface area contributed by atoms with E-state index in [0.717, 1.165) is 18.1 Å². The van der Waals surface area contributed by atoms with Crippen molar-refractivity contribution in [1.82, 2.24) is 4.98 Å². The van der Waals surface area contributed by atoms with Gasteiger partial charge in [0.25, 0.3) is 0 Å². The summed E-state index contributed by atoms with van der Waals surface area (Å²) in [5, 5.41) is 0.613. The molecule has 0 saturated heterocycles. The molecular formula is C11H10N2OS. The number of thiazole rings is 1. The van der Waals surface area contributed by atoms with Crippen molar-refractivity contribution < 1.29 is 4.74 Å². The number of aromatic nitrogens is 1. The van der Waals surface area contributed by atoms with Crippen molar-refractivity contribution in [1.29, 1.82) is 0 Å². The highest BCUT2D eigenvalue weighted by atomic mass is 32.1. The summed E-state index contributed by atoms with van der Waals surface area (Å²) in [5.74, 6) is 0. The molecule has 2 heterocycles. The first-order valence-electron chi connectivity index (χ1n) is 4.74. The Labute approximate surface area is 91.5 Å². The van der Waals surface area contributed by atoms with E-state index in [0.29, 0.717) is 5.13 Å². The number of benzene rings is 1. The van der Waals surface area contributed by atoms with E-state index in [2.05, 4.69) is 23.2 Å². The lowest BCUT2D eigenvalue weighted by Crippen LogP contribution is -1.82. The number of nitrogens with two attached hydrogens (primary N) is 1. The van der Waals surface area contributed by atoms with Crippen molar-refractivity contribution >= 4 is 16.5 Å². The summed E-state index contributed by atoms with van der Waals surface area (Å²) in [6.45, 7) is 1.46. The third-order valence-corrected chi connectivity index (χ3v) is 3.41. The summed E-state index contributed by atoms with van der Waals surface area (Å²) in [6.07, 6.45) is 1.82. The van der Waals surface area contributed by atoms with Crippen molar-refractivity contribution in [2.24, 2.45) is 0 Å². The average Bonchev–Trinajstić information content (AvgIpc) is 2.84. The largest absolute Gasteiger partial charge is 0.375 e. The van der Waals surface area contributed by atoms with E-state index < -0.39 is 0 Å². The summed E-state index contributed by atoms with van der Waals surface area (Å²) < 4.78 is 5.37. The number of hydrogen-bond donors (Lipinski definition) is 1. The highest BCUT2D eigenvalue weighted by molar-refractivity contribution is 7.18. The third-order valence-electron chi connectivity index (χ3n) is 2.53. The van der Waals surface area contributed by atoms with Crippen LogP contribution in [0.5, 0.6) is 0 Å². The highest BCUT2D eigenvalue weighted by Gasteiger charge is 2.12. The lowest BCUT2D eigenvalue weighted by Gasteiger charge is -2.00. The van der Waals surface area contributed by atoms with Crippen LogP contribution in [-0.2, 0) is 18.0 Å². The number of anilines is 1. The van der Waals surface area contributed by atoms with Crippen molar-refractivity contribution in [3.8, 4) is 10.4 Å². The molecule has 0 bridgehead atoms. The zero-order valence-corrected chi connectivity index (χ0v) is 8.88. The molecule has 2 aromatic rings. The van der Waals surface area contributed by atoms with Crippen LogP contribution < -0.4 is 5.73 Å². The molecule has 0 amide bonds. The number of fused-ring (bicyclic) bond motifs is 1. The van der Waals surface area contributed by atoms with E-state index in [1.807, 2.05) is 6.20 Å². The van der Waals surface area contributed by atoms with Crippen molar-refractivity contribution in [2.45, 2.75) is 13.2 Å². The van der Waals surface area contributed by atoms with Crippen LogP contribution in [0.15, 0.2) is 24.4 Å². The van der Waals surface area contributed by atoms with Gasteiger partial charge in [0.1, 0.15) is 0 Å². The molecule has 3 nitrogen and oxygen atoms in total. The Bertz CT molecular complexity index is 507. The Morgan fingerprint density at radius 1 is 1.27 bits per heavy atom. The number of nitrogens with zero attached hydrogens (tertiary/aromatic N) is 1. The first-order chi connectivity index (χ1) is 7.33. The van der Waals surface area contributed by atoms with Gasteiger partial charge in [-0.05, 0) is 22.8 Å². The fraction of sp³-hybridized carbons (Fsp3) is 0.182. The van der Waals surface area contributed by atoms with Crippen molar-refractivity contribution in [3.05, 3.63) is 35.5 Å². The van der Waals surface area contributed by atoms with Crippen LogP contribution in [0, 0.1) is 0 Å². The van der Waals surface area contributed by atoms with E-state index in [1.54, 1.807) is 0 Å². The molecular weight excluding hydrogens is 208 g/mol. The maximum Gasteiger partial charge on any atom is 0.180 e. The zero-order chi connectivity index (χ0) is 10.3. The van der Waals surface area contributed by atoms with Gasteiger partial charge in [0.05, 0.1) is 18.1 Å². The fourth-order valence-corrected chi connectivity index (χ4v) is 2.43. The van der Waals surface area contributed by atoms with E-state index in [9.17, 15) is 0 Å². The second-order valence-corrected chi connectivity index (χ2v) is 4.60. The van der Waals surface area contributed by atoms with Crippen molar-refractivity contribution in [3.63, 3.8) is 0 Å². The quantitative estimate of drug-likeness (QED) is 0.799. The molecule has 1 aromatic heterocycles. The number of rotatable bonds is 1. The van der Waals surface area contributed by atoms with Gasteiger partial charge < -0.3 is 10.5 Å². The molecule has 0 fully saturated rings.